The lowest BCUT2D eigenvalue weighted by Crippen LogP contribution is -2.06. The van der Waals surface area contributed by atoms with E-state index in [1.807, 2.05) is 0 Å². The van der Waals surface area contributed by atoms with Gasteiger partial charge in [-0.25, -0.2) is 0 Å². The van der Waals surface area contributed by atoms with Crippen molar-refractivity contribution >= 4 is 10.5 Å². The molecule has 1 unspecified atom stereocenters. The van der Waals surface area contributed by atoms with Crippen LogP contribution < -0.4 is 0 Å². The van der Waals surface area contributed by atoms with Crippen molar-refractivity contribution < 1.29 is 4.43 Å². The van der Waals surface area contributed by atoms with Crippen molar-refractivity contribution in [3.63, 3.8) is 0 Å². The molecule has 0 aromatic heterocycles. The van der Waals surface area contributed by atoms with Gasteiger partial charge in [0, 0.05) is 0 Å². The highest BCUT2D eigenvalue weighted by Gasteiger charge is 2.12. The molecule has 0 aliphatic heterocycles. The number of hydrogen-bond acceptors (Lipinski definition) is 1. The molecule has 0 saturated heterocycles. The maximum Gasteiger partial charge on any atom is 0.247 e. The van der Waals surface area contributed by atoms with Crippen LogP contribution in [0.5, 0.6) is 0 Å². The maximum absolute atomic E-state index is 5.32. The summed E-state index contributed by atoms with van der Waals surface area (Å²) in [6.07, 6.45) is 7.50. The number of benzene rings is 1. The van der Waals surface area contributed by atoms with E-state index in [2.05, 4.69) is 49.5 Å². The van der Waals surface area contributed by atoms with Crippen LogP contribution in [0.25, 0.3) is 0 Å². The molecule has 1 nitrogen and oxygen atoms in total. The minimum absolute atomic E-state index is 0.120. The lowest BCUT2D eigenvalue weighted by Gasteiger charge is -2.19. The molecule has 0 amide bonds. The molecule has 1 aromatic carbocycles. The lowest BCUT2D eigenvalue weighted by atomic mass is 9.91. The molecule has 1 rings (SSSR count). The van der Waals surface area contributed by atoms with E-state index in [1.54, 1.807) is 0 Å². The average molecular weight is 261 g/mol. The van der Waals surface area contributed by atoms with E-state index in [1.165, 1.54) is 55.2 Å². The standard InChI is InChI=1S/C16H25OSi/c1-4-6-9-14-10-8-12-15(13(3)17-18)16(14)11-7-5-2/h8,10,12-13H,4-7,9,11H2,1-3H3. The highest BCUT2D eigenvalue weighted by Crippen LogP contribution is 2.26. The molecule has 0 fully saturated rings. The van der Waals surface area contributed by atoms with E-state index in [0.29, 0.717) is 0 Å². The van der Waals surface area contributed by atoms with Gasteiger partial charge in [-0.3, -0.25) is 0 Å². The second-order valence-electron chi connectivity index (χ2n) is 4.95. The zero-order chi connectivity index (χ0) is 13.4. The van der Waals surface area contributed by atoms with Crippen LogP contribution in [0.15, 0.2) is 18.2 Å². The highest BCUT2D eigenvalue weighted by molar-refractivity contribution is 5.98. The first-order valence-corrected chi connectivity index (χ1v) is 7.58. The number of hydrogen-bond donors (Lipinski definition) is 0. The predicted octanol–water partition coefficient (Wildman–Crippen LogP) is 4.53. The van der Waals surface area contributed by atoms with Crippen molar-refractivity contribution in [1.82, 2.24) is 0 Å². The van der Waals surface area contributed by atoms with Crippen LogP contribution in [-0.2, 0) is 17.3 Å². The number of rotatable bonds is 8. The number of aryl methyl sites for hydroxylation is 1. The van der Waals surface area contributed by atoms with Crippen LogP contribution >= 0.6 is 0 Å². The first-order chi connectivity index (χ1) is 8.74. The molecule has 0 aliphatic carbocycles. The zero-order valence-corrected chi connectivity index (χ0v) is 13.0. The van der Waals surface area contributed by atoms with Crippen molar-refractivity contribution in [3.8, 4) is 0 Å². The Morgan fingerprint density at radius 1 is 1.11 bits per heavy atom. The van der Waals surface area contributed by atoms with Crippen molar-refractivity contribution in [2.45, 2.75) is 65.4 Å². The van der Waals surface area contributed by atoms with Gasteiger partial charge in [-0.15, -0.1) is 0 Å². The van der Waals surface area contributed by atoms with Crippen LogP contribution in [0.2, 0.25) is 0 Å². The molecule has 1 atom stereocenters. The van der Waals surface area contributed by atoms with Gasteiger partial charge in [0.05, 0.1) is 6.10 Å². The third-order valence-electron chi connectivity index (χ3n) is 3.50. The molecule has 99 valence electrons. The molecule has 0 bridgehead atoms. The summed E-state index contributed by atoms with van der Waals surface area (Å²) in [4.78, 5) is 0. The summed E-state index contributed by atoms with van der Waals surface area (Å²) in [6.45, 7) is 6.60. The minimum atomic E-state index is 0.120. The SMILES string of the molecule is CCCCc1cccc(C(C)O[Si])c1CCCC. The third-order valence-corrected chi connectivity index (χ3v) is 3.86. The summed E-state index contributed by atoms with van der Waals surface area (Å²) in [5.41, 5.74) is 4.36. The zero-order valence-electron chi connectivity index (χ0n) is 12.0. The first kappa shape index (κ1) is 15.5. The summed E-state index contributed by atoms with van der Waals surface area (Å²) in [5.74, 6) is 0. The van der Waals surface area contributed by atoms with Crippen molar-refractivity contribution in [1.29, 1.82) is 0 Å². The summed E-state index contributed by atoms with van der Waals surface area (Å²) in [5, 5.41) is 0. The van der Waals surface area contributed by atoms with Gasteiger partial charge in [0.1, 0.15) is 0 Å². The van der Waals surface area contributed by atoms with Gasteiger partial charge in [0.2, 0.25) is 10.5 Å². The van der Waals surface area contributed by atoms with Gasteiger partial charge in [0.25, 0.3) is 0 Å². The normalized spacial score (nSPS) is 12.7. The molecule has 0 N–H and O–H groups in total. The van der Waals surface area contributed by atoms with Crippen LogP contribution in [0.1, 0.15) is 69.2 Å². The van der Waals surface area contributed by atoms with E-state index in [0.717, 1.165) is 0 Å². The summed E-state index contributed by atoms with van der Waals surface area (Å²) in [7, 11) is 3.18. The fraction of sp³-hybridized carbons (Fsp3) is 0.625. The van der Waals surface area contributed by atoms with E-state index >= 15 is 0 Å². The Bertz CT molecular complexity index is 349. The molecule has 2 heteroatoms. The lowest BCUT2D eigenvalue weighted by molar-refractivity contribution is 0.249. The second kappa shape index (κ2) is 8.49. The molecule has 1 aromatic rings. The Balaban J connectivity index is 3.00. The first-order valence-electron chi connectivity index (χ1n) is 7.17. The molecular weight excluding hydrogens is 236 g/mol. The van der Waals surface area contributed by atoms with Crippen LogP contribution in [0.3, 0.4) is 0 Å². The Morgan fingerprint density at radius 3 is 2.39 bits per heavy atom. The molecule has 0 aliphatic rings. The average Bonchev–Trinajstić information content (AvgIpc) is 2.42. The maximum atomic E-state index is 5.32. The monoisotopic (exact) mass is 261 g/mol. The predicted molar refractivity (Wildman–Crippen MR) is 78.9 cm³/mol. The van der Waals surface area contributed by atoms with Gasteiger partial charge >= 0.3 is 0 Å². The van der Waals surface area contributed by atoms with Gasteiger partial charge < -0.3 is 4.43 Å². The van der Waals surface area contributed by atoms with Crippen molar-refractivity contribution in [2.75, 3.05) is 0 Å². The minimum Gasteiger partial charge on any atom is -0.412 e. The molecular formula is C16H25OSi. The van der Waals surface area contributed by atoms with E-state index in [-0.39, 0.29) is 6.10 Å². The third kappa shape index (κ3) is 4.25. The van der Waals surface area contributed by atoms with Crippen LogP contribution in [-0.4, -0.2) is 10.5 Å². The van der Waals surface area contributed by atoms with Gasteiger partial charge in [-0.1, -0.05) is 44.9 Å². The van der Waals surface area contributed by atoms with Crippen LogP contribution in [0, 0.1) is 0 Å². The fourth-order valence-corrected chi connectivity index (χ4v) is 2.49. The summed E-state index contributed by atoms with van der Waals surface area (Å²) >= 11 is 0. The van der Waals surface area contributed by atoms with Gasteiger partial charge in [-0.2, -0.15) is 0 Å². The van der Waals surface area contributed by atoms with E-state index in [9.17, 15) is 0 Å². The topological polar surface area (TPSA) is 9.23 Å². The summed E-state index contributed by atoms with van der Waals surface area (Å²) < 4.78 is 5.32. The van der Waals surface area contributed by atoms with Gasteiger partial charge in [0.15, 0.2) is 0 Å². The summed E-state index contributed by atoms with van der Waals surface area (Å²) in [6, 6.07) is 6.65. The van der Waals surface area contributed by atoms with E-state index < -0.39 is 0 Å². The van der Waals surface area contributed by atoms with Gasteiger partial charge in [-0.05, 0) is 49.3 Å². The van der Waals surface area contributed by atoms with Crippen LogP contribution in [0.4, 0.5) is 0 Å². The number of unbranched alkanes of at least 4 members (excludes halogenated alkanes) is 2. The largest absolute Gasteiger partial charge is 0.412 e. The smallest absolute Gasteiger partial charge is 0.247 e. The molecule has 18 heavy (non-hydrogen) atoms. The van der Waals surface area contributed by atoms with Crippen molar-refractivity contribution in [3.05, 3.63) is 34.9 Å². The Hall–Kier alpha value is -0.603. The second-order valence-corrected chi connectivity index (χ2v) is 5.19. The molecule has 0 heterocycles. The Labute approximate surface area is 115 Å². The quantitative estimate of drug-likeness (QED) is 0.625. The van der Waals surface area contributed by atoms with E-state index in [4.69, 9.17) is 4.43 Å². The highest BCUT2D eigenvalue weighted by atomic mass is 28.2. The van der Waals surface area contributed by atoms with Crippen molar-refractivity contribution in [2.24, 2.45) is 0 Å². The molecule has 0 spiro atoms. The fourth-order valence-electron chi connectivity index (χ4n) is 2.36. The Kier molecular flexibility index (Phi) is 7.29. The molecule has 3 radical (unpaired) electrons. The molecule has 0 saturated carbocycles. The Morgan fingerprint density at radius 2 is 1.78 bits per heavy atom.